The van der Waals surface area contributed by atoms with Gasteiger partial charge in [0, 0.05) is 17.7 Å². The van der Waals surface area contributed by atoms with Crippen LogP contribution >= 0.6 is 27.5 Å². The van der Waals surface area contributed by atoms with E-state index >= 15 is 0 Å². The Hall–Kier alpha value is -0.150. The van der Waals surface area contributed by atoms with Crippen LogP contribution in [0.4, 0.5) is 0 Å². The van der Waals surface area contributed by atoms with Gasteiger partial charge in [-0.2, -0.15) is 0 Å². The average Bonchev–Trinajstić information content (AvgIpc) is 1.90. The first-order valence-electron chi connectivity index (χ1n) is 2.35. The van der Waals surface area contributed by atoms with Crippen molar-refractivity contribution in [2.45, 2.75) is 5.33 Å². The molecule has 1 aromatic rings. The van der Waals surface area contributed by atoms with Crippen LogP contribution in [0, 0.1) is 0 Å². The zero-order valence-electron chi connectivity index (χ0n) is 4.51. The van der Waals surface area contributed by atoms with Gasteiger partial charge in [0.05, 0.1) is 0 Å². The van der Waals surface area contributed by atoms with Gasteiger partial charge in [-0.15, -0.1) is 0 Å². The largest absolute Gasteiger partial charge is 0.226 e. The summed E-state index contributed by atoms with van der Waals surface area (Å²) in [7, 11) is 0. The monoisotopic (exact) mass is 206 g/mol. The van der Waals surface area contributed by atoms with Crippen LogP contribution in [0.25, 0.3) is 0 Å². The van der Waals surface area contributed by atoms with Gasteiger partial charge in [0.15, 0.2) is 0 Å². The fraction of sp³-hybridized carbons (Fsp3) is 0.200. The van der Waals surface area contributed by atoms with Crippen LogP contribution in [0.1, 0.15) is 5.56 Å². The minimum atomic E-state index is 0.291. The van der Waals surface area contributed by atoms with Gasteiger partial charge < -0.3 is 0 Å². The number of aromatic nitrogens is 2. The molecule has 0 atom stereocenters. The van der Waals surface area contributed by atoms with E-state index in [1.165, 1.54) is 0 Å². The second kappa shape index (κ2) is 3.13. The van der Waals surface area contributed by atoms with Crippen LogP contribution in [0.2, 0.25) is 5.28 Å². The van der Waals surface area contributed by atoms with Crippen LogP contribution < -0.4 is 0 Å². The molecule has 9 heavy (non-hydrogen) atoms. The molecule has 48 valence electrons. The maximum absolute atomic E-state index is 5.43. The van der Waals surface area contributed by atoms with E-state index < -0.39 is 0 Å². The van der Waals surface area contributed by atoms with Crippen molar-refractivity contribution in [3.63, 3.8) is 0 Å². The molecule has 1 aromatic heterocycles. The molecule has 0 unspecified atom stereocenters. The molecule has 0 aliphatic rings. The molecule has 0 aliphatic carbocycles. The van der Waals surface area contributed by atoms with Crippen molar-refractivity contribution in [2.24, 2.45) is 0 Å². The highest BCUT2D eigenvalue weighted by Crippen LogP contribution is 2.03. The SMILES string of the molecule is Clc1ncc(CBr)cn1. The molecule has 0 aromatic carbocycles. The second-order valence-electron chi connectivity index (χ2n) is 1.49. The highest BCUT2D eigenvalue weighted by molar-refractivity contribution is 9.08. The summed E-state index contributed by atoms with van der Waals surface area (Å²) >= 11 is 8.69. The van der Waals surface area contributed by atoms with Gasteiger partial charge in [-0.05, 0) is 17.2 Å². The van der Waals surface area contributed by atoms with Crippen LogP contribution in [-0.4, -0.2) is 9.97 Å². The quantitative estimate of drug-likeness (QED) is 0.520. The van der Waals surface area contributed by atoms with E-state index in [-0.39, 0.29) is 0 Å². The van der Waals surface area contributed by atoms with E-state index in [1.807, 2.05) is 0 Å². The number of halogens is 2. The molecule has 4 heteroatoms. The molecule has 0 fully saturated rings. The Morgan fingerprint density at radius 3 is 2.44 bits per heavy atom. The number of nitrogens with zero attached hydrogens (tertiary/aromatic N) is 2. The van der Waals surface area contributed by atoms with Crippen LogP contribution in [0.5, 0.6) is 0 Å². The number of alkyl halides is 1. The third-order valence-corrected chi connectivity index (χ3v) is 1.67. The van der Waals surface area contributed by atoms with E-state index in [0.29, 0.717) is 5.28 Å². The van der Waals surface area contributed by atoms with Gasteiger partial charge in [0.2, 0.25) is 5.28 Å². The lowest BCUT2D eigenvalue weighted by atomic mass is 10.4. The summed E-state index contributed by atoms with van der Waals surface area (Å²) in [6.45, 7) is 0. The molecular formula is C5H4BrClN2. The molecule has 0 aliphatic heterocycles. The molecule has 0 spiro atoms. The number of hydrogen-bond acceptors (Lipinski definition) is 2. The summed E-state index contributed by atoms with van der Waals surface area (Å²) in [5.41, 5.74) is 1.03. The van der Waals surface area contributed by atoms with E-state index in [0.717, 1.165) is 10.9 Å². The first-order valence-corrected chi connectivity index (χ1v) is 3.85. The fourth-order valence-corrected chi connectivity index (χ4v) is 0.795. The molecule has 0 bridgehead atoms. The Morgan fingerprint density at radius 2 is 2.00 bits per heavy atom. The highest BCUT2D eigenvalue weighted by Gasteiger charge is 1.90. The lowest BCUT2D eigenvalue weighted by molar-refractivity contribution is 1.12. The van der Waals surface area contributed by atoms with Crippen LogP contribution in [-0.2, 0) is 5.33 Å². The third kappa shape index (κ3) is 1.91. The topological polar surface area (TPSA) is 25.8 Å². The Bertz CT molecular complexity index is 187. The van der Waals surface area contributed by atoms with Gasteiger partial charge in [-0.25, -0.2) is 9.97 Å². The summed E-state index contributed by atoms with van der Waals surface area (Å²) in [6.07, 6.45) is 3.37. The molecule has 0 radical (unpaired) electrons. The van der Waals surface area contributed by atoms with Crippen molar-refractivity contribution in [3.05, 3.63) is 23.2 Å². The average molecular weight is 207 g/mol. The maximum Gasteiger partial charge on any atom is 0.222 e. The predicted molar refractivity (Wildman–Crippen MR) is 39.7 cm³/mol. The molecule has 1 rings (SSSR count). The summed E-state index contributed by atoms with van der Waals surface area (Å²) in [5.74, 6) is 0. The van der Waals surface area contributed by atoms with Crippen molar-refractivity contribution in [1.29, 1.82) is 0 Å². The number of hydrogen-bond donors (Lipinski definition) is 0. The Balaban J connectivity index is 2.88. The number of rotatable bonds is 1. The summed E-state index contributed by atoms with van der Waals surface area (Å²) < 4.78 is 0. The van der Waals surface area contributed by atoms with Crippen LogP contribution in [0.3, 0.4) is 0 Å². The van der Waals surface area contributed by atoms with Gasteiger partial charge in [0.25, 0.3) is 0 Å². The van der Waals surface area contributed by atoms with Gasteiger partial charge in [-0.3, -0.25) is 0 Å². The molecule has 0 saturated heterocycles. The third-order valence-electron chi connectivity index (χ3n) is 0.828. The minimum Gasteiger partial charge on any atom is -0.226 e. The van der Waals surface area contributed by atoms with Crippen molar-refractivity contribution < 1.29 is 0 Å². The van der Waals surface area contributed by atoms with Gasteiger partial charge in [0.1, 0.15) is 0 Å². The van der Waals surface area contributed by atoms with E-state index in [4.69, 9.17) is 11.6 Å². The predicted octanol–water partition coefficient (Wildman–Crippen LogP) is 2.02. The highest BCUT2D eigenvalue weighted by atomic mass is 79.9. The molecule has 0 amide bonds. The Morgan fingerprint density at radius 1 is 1.44 bits per heavy atom. The smallest absolute Gasteiger partial charge is 0.222 e. The minimum absolute atomic E-state index is 0.291. The van der Waals surface area contributed by atoms with Gasteiger partial charge in [-0.1, -0.05) is 15.9 Å². The first-order chi connectivity index (χ1) is 4.33. The lowest BCUT2D eigenvalue weighted by Gasteiger charge is -1.90. The molecule has 2 nitrogen and oxygen atoms in total. The zero-order chi connectivity index (χ0) is 6.69. The van der Waals surface area contributed by atoms with E-state index in [9.17, 15) is 0 Å². The van der Waals surface area contributed by atoms with Gasteiger partial charge >= 0.3 is 0 Å². The Labute approximate surface area is 66.4 Å². The zero-order valence-corrected chi connectivity index (χ0v) is 6.85. The maximum atomic E-state index is 5.43. The standard InChI is InChI=1S/C5H4BrClN2/c6-1-4-2-8-5(7)9-3-4/h2-3H,1H2. The van der Waals surface area contributed by atoms with E-state index in [1.54, 1.807) is 12.4 Å². The van der Waals surface area contributed by atoms with Crippen molar-refractivity contribution in [2.75, 3.05) is 0 Å². The molecule has 1 heterocycles. The normalized spacial score (nSPS) is 9.56. The fourth-order valence-electron chi connectivity index (χ4n) is 0.408. The first kappa shape index (κ1) is 6.96. The van der Waals surface area contributed by atoms with Crippen molar-refractivity contribution >= 4 is 27.5 Å². The van der Waals surface area contributed by atoms with Crippen LogP contribution in [0.15, 0.2) is 12.4 Å². The van der Waals surface area contributed by atoms with E-state index in [2.05, 4.69) is 25.9 Å². The van der Waals surface area contributed by atoms with Crippen molar-refractivity contribution in [3.8, 4) is 0 Å². The summed E-state index contributed by atoms with van der Waals surface area (Å²) in [4.78, 5) is 7.55. The second-order valence-corrected chi connectivity index (χ2v) is 2.39. The molecule has 0 saturated carbocycles. The summed E-state index contributed by atoms with van der Waals surface area (Å²) in [5, 5.41) is 1.06. The molecular weight excluding hydrogens is 203 g/mol. The summed E-state index contributed by atoms with van der Waals surface area (Å²) in [6, 6.07) is 0. The molecule has 0 N–H and O–H groups in total. The Kier molecular flexibility index (Phi) is 2.42. The lowest BCUT2D eigenvalue weighted by Crippen LogP contribution is -1.83. The van der Waals surface area contributed by atoms with Crippen molar-refractivity contribution in [1.82, 2.24) is 9.97 Å².